The van der Waals surface area contributed by atoms with Gasteiger partial charge in [-0.3, -0.25) is 4.79 Å². The maximum atomic E-state index is 12.8. The van der Waals surface area contributed by atoms with Gasteiger partial charge in [-0.1, -0.05) is 42.0 Å². The summed E-state index contributed by atoms with van der Waals surface area (Å²) in [6.07, 6.45) is 1.06. The van der Waals surface area contributed by atoms with E-state index in [2.05, 4.69) is 5.32 Å². The molecule has 1 fully saturated rings. The highest BCUT2D eigenvalue weighted by Crippen LogP contribution is 2.23. The number of hydrogen-bond donors (Lipinski definition) is 1. The lowest BCUT2D eigenvalue weighted by Crippen LogP contribution is -2.46. The second-order valence-electron chi connectivity index (χ2n) is 8.39. The van der Waals surface area contributed by atoms with Gasteiger partial charge in [0.05, 0.1) is 11.8 Å². The summed E-state index contributed by atoms with van der Waals surface area (Å²) in [5.74, 6) is 0.575. The molecule has 0 spiro atoms. The van der Waals surface area contributed by atoms with Crippen molar-refractivity contribution in [2.45, 2.75) is 45.4 Å². The second-order valence-corrected chi connectivity index (χ2v) is 10.4. The molecular weight excluding hydrogens is 412 g/mol. The van der Waals surface area contributed by atoms with E-state index in [4.69, 9.17) is 4.74 Å². The summed E-state index contributed by atoms with van der Waals surface area (Å²) in [5.41, 5.74) is 2.97. The standard InChI is InChI=1S/C24H32N2O4S/c1-18-8-10-23(11-9-18)30-16-20(3)25-24(27)21-12-14-26(15-13-21)31(28,29)17-22-7-5-4-6-19(22)2/h4-11,20-21H,12-17H2,1-3H3,(H,25,27)/t20-/m1/s1. The van der Waals surface area contributed by atoms with Crippen LogP contribution in [0.15, 0.2) is 48.5 Å². The Bertz CT molecular complexity index is 981. The Morgan fingerprint density at radius 3 is 2.39 bits per heavy atom. The molecule has 2 aromatic carbocycles. The molecular formula is C24H32N2O4S. The average molecular weight is 445 g/mol. The van der Waals surface area contributed by atoms with Crippen molar-refractivity contribution in [3.63, 3.8) is 0 Å². The van der Waals surface area contributed by atoms with Crippen LogP contribution in [0.3, 0.4) is 0 Å². The van der Waals surface area contributed by atoms with E-state index in [1.165, 1.54) is 9.87 Å². The van der Waals surface area contributed by atoms with Crippen molar-refractivity contribution in [1.29, 1.82) is 0 Å². The minimum atomic E-state index is -3.39. The number of carbonyl (C=O) groups excluding carboxylic acids is 1. The van der Waals surface area contributed by atoms with Crippen molar-refractivity contribution in [2.75, 3.05) is 19.7 Å². The third-order valence-corrected chi connectivity index (χ3v) is 7.55. The van der Waals surface area contributed by atoms with Crippen LogP contribution in [0, 0.1) is 19.8 Å². The Hall–Kier alpha value is -2.38. The van der Waals surface area contributed by atoms with E-state index >= 15 is 0 Å². The van der Waals surface area contributed by atoms with E-state index in [-0.39, 0.29) is 23.6 Å². The summed E-state index contributed by atoms with van der Waals surface area (Å²) in [6.45, 7) is 6.99. The topological polar surface area (TPSA) is 75.7 Å². The Morgan fingerprint density at radius 1 is 1.10 bits per heavy atom. The second kappa shape index (κ2) is 10.3. The molecule has 0 bridgehead atoms. The lowest BCUT2D eigenvalue weighted by molar-refractivity contribution is -0.126. The summed E-state index contributed by atoms with van der Waals surface area (Å²) >= 11 is 0. The highest BCUT2D eigenvalue weighted by Gasteiger charge is 2.31. The molecule has 1 atom stereocenters. The van der Waals surface area contributed by atoms with Crippen LogP contribution < -0.4 is 10.1 Å². The Labute approximate surface area is 185 Å². The van der Waals surface area contributed by atoms with Gasteiger partial charge in [0.25, 0.3) is 0 Å². The van der Waals surface area contributed by atoms with E-state index in [1.807, 2.05) is 69.3 Å². The summed E-state index contributed by atoms with van der Waals surface area (Å²) in [7, 11) is -3.39. The number of aryl methyl sites for hydroxylation is 2. The maximum absolute atomic E-state index is 12.8. The molecule has 1 N–H and O–H groups in total. The van der Waals surface area contributed by atoms with Crippen LogP contribution >= 0.6 is 0 Å². The SMILES string of the molecule is Cc1ccc(OC[C@@H](C)NC(=O)C2CCN(S(=O)(=O)Cc3ccccc3C)CC2)cc1. The molecule has 7 heteroatoms. The number of piperidine rings is 1. The number of ether oxygens (including phenoxy) is 1. The van der Waals surface area contributed by atoms with E-state index in [0.29, 0.717) is 32.5 Å². The molecule has 0 unspecified atom stereocenters. The fourth-order valence-electron chi connectivity index (χ4n) is 3.71. The Morgan fingerprint density at radius 2 is 1.74 bits per heavy atom. The Kier molecular flexibility index (Phi) is 7.73. The molecule has 0 radical (unpaired) electrons. The molecule has 0 saturated carbocycles. The van der Waals surface area contributed by atoms with Crippen LogP contribution in [0.1, 0.15) is 36.5 Å². The van der Waals surface area contributed by atoms with Gasteiger partial charge < -0.3 is 10.1 Å². The zero-order chi connectivity index (χ0) is 22.4. The minimum absolute atomic E-state index is 0.00389. The zero-order valence-corrected chi connectivity index (χ0v) is 19.3. The summed E-state index contributed by atoms with van der Waals surface area (Å²) < 4.78 is 32.9. The van der Waals surface area contributed by atoms with Gasteiger partial charge in [0, 0.05) is 19.0 Å². The van der Waals surface area contributed by atoms with Gasteiger partial charge in [-0.2, -0.15) is 0 Å². The van der Waals surface area contributed by atoms with Crippen molar-refractivity contribution in [3.05, 3.63) is 65.2 Å². The zero-order valence-electron chi connectivity index (χ0n) is 18.5. The molecule has 6 nitrogen and oxygen atoms in total. The van der Waals surface area contributed by atoms with Gasteiger partial charge >= 0.3 is 0 Å². The smallest absolute Gasteiger partial charge is 0.223 e. The number of sulfonamides is 1. The number of hydrogen-bond acceptors (Lipinski definition) is 4. The van der Waals surface area contributed by atoms with Crippen LogP contribution in [0.25, 0.3) is 0 Å². The van der Waals surface area contributed by atoms with Crippen molar-refractivity contribution in [3.8, 4) is 5.75 Å². The van der Waals surface area contributed by atoms with Crippen molar-refractivity contribution >= 4 is 15.9 Å². The third-order valence-electron chi connectivity index (χ3n) is 5.73. The van der Waals surface area contributed by atoms with Crippen molar-refractivity contribution in [1.82, 2.24) is 9.62 Å². The van der Waals surface area contributed by atoms with Gasteiger partial charge in [-0.25, -0.2) is 12.7 Å². The van der Waals surface area contributed by atoms with Crippen LogP contribution in [0.5, 0.6) is 5.75 Å². The van der Waals surface area contributed by atoms with Crippen molar-refractivity contribution in [2.24, 2.45) is 5.92 Å². The van der Waals surface area contributed by atoms with Crippen LogP contribution in [-0.4, -0.2) is 44.4 Å². The number of nitrogens with zero attached hydrogens (tertiary/aromatic N) is 1. The largest absolute Gasteiger partial charge is 0.491 e. The van der Waals surface area contributed by atoms with Gasteiger partial charge in [-0.05, 0) is 56.9 Å². The first-order valence-corrected chi connectivity index (χ1v) is 12.4. The number of amides is 1. The molecule has 1 heterocycles. The summed E-state index contributed by atoms with van der Waals surface area (Å²) in [4.78, 5) is 12.6. The monoisotopic (exact) mass is 444 g/mol. The molecule has 168 valence electrons. The number of benzene rings is 2. The minimum Gasteiger partial charge on any atom is -0.491 e. The quantitative estimate of drug-likeness (QED) is 0.677. The van der Waals surface area contributed by atoms with Gasteiger partial charge in [-0.15, -0.1) is 0 Å². The van der Waals surface area contributed by atoms with Crippen LogP contribution in [-0.2, 0) is 20.6 Å². The third kappa shape index (κ3) is 6.55. The summed E-state index contributed by atoms with van der Waals surface area (Å²) in [5, 5.41) is 3.00. The molecule has 0 aliphatic carbocycles. The first-order valence-electron chi connectivity index (χ1n) is 10.8. The first kappa shape index (κ1) is 23.3. The molecule has 2 aromatic rings. The predicted molar refractivity (Wildman–Crippen MR) is 122 cm³/mol. The first-order chi connectivity index (χ1) is 14.7. The van der Waals surface area contributed by atoms with E-state index < -0.39 is 10.0 Å². The molecule has 0 aromatic heterocycles. The van der Waals surface area contributed by atoms with Crippen LogP contribution in [0.4, 0.5) is 0 Å². The molecule has 31 heavy (non-hydrogen) atoms. The van der Waals surface area contributed by atoms with Gasteiger partial charge in [0.15, 0.2) is 0 Å². The number of rotatable bonds is 8. The van der Waals surface area contributed by atoms with E-state index in [0.717, 1.165) is 16.9 Å². The van der Waals surface area contributed by atoms with E-state index in [1.54, 1.807) is 0 Å². The highest BCUT2D eigenvalue weighted by atomic mass is 32.2. The predicted octanol–water partition coefficient (Wildman–Crippen LogP) is 3.43. The summed E-state index contributed by atoms with van der Waals surface area (Å²) in [6, 6.07) is 15.2. The van der Waals surface area contributed by atoms with Crippen LogP contribution in [0.2, 0.25) is 0 Å². The maximum Gasteiger partial charge on any atom is 0.223 e. The molecule has 3 rings (SSSR count). The average Bonchev–Trinajstić information content (AvgIpc) is 2.75. The Balaban J connectivity index is 1.45. The normalized spacial score (nSPS) is 16.6. The van der Waals surface area contributed by atoms with E-state index in [9.17, 15) is 13.2 Å². The fourth-order valence-corrected chi connectivity index (χ4v) is 5.38. The highest BCUT2D eigenvalue weighted by molar-refractivity contribution is 7.88. The number of carbonyl (C=O) groups is 1. The molecule has 1 amide bonds. The molecule has 1 saturated heterocycles. The van der Waals surface area contributed by atoms with Gasteiger partial charge in [0.1, 0.15) is 12.4 Å². The fraction of sp³-hybridized carbons (Fsp3) is 0.458. The van der Waals surface area contributed by atoms with Gasteiger partial charge in [0.2, 0.25) is 15.9 Å². The lowest BCUT2D eigenvalue weighted by atomic mass is 9.97. The lowest BCUT2D eigenvalue weighted by Gasteiger charge is -2.31. The van der Waals surface area contributed by atoms with Crippen molar-refractivity contribution < 1.29 is 17.9 Å². The number of nitrogens with one attached hydrogen (secondary N) is 1. The molecule has 1 aliphatic rings. The molecule has 1 aliphatic heterocycles.